The molecule has 4 rings (SSSR count). The Morgan fingerprint density at radius 1 is 1.17 bits per heavy atom. The zero-order valence-corrected chi connectivity index (χ0v) is 17.6. The van der Waals surface area contributed by atoms with Gasteiger partial charge in [0.15, 0.2) is 0 Å². The average Bonchev–Trinajstić information content (AvgIpc) is 2.80. The van der Waals surface area contributed by atoms with Crippen molar-refractivity contribution in [1.29, 1.82) is 0 Å². The van der Waals surface area contributed by atoms with Gasteiger partial charge in [-0.25, -0.2) is 0 Å². The van der Waals surface area contributed by atoms with Crippen LogP contribution >= 0.6 is 0 Å². The Hall–Kier alpha value is -2.79. The summed E-state index contributed by atoms with van der Waals surface area (Å²) in [5.74, 6) is 2.25. The van der Waals surface area contributed by atoms with Crippen LogP contribution in [0, 0.1) is 5.92 Å². The van der Waals surface area contributed by atoms with Crippen LogP contribution in [0.3, 0.4) is 0 Å². The van der Waals surface area contributed by atoms with E-state index in [1.165, 1.54) is 24.8 Å². The van der Waals surface area contributed by atoms with Gasteiger partial charge < -0.3 is 19.7 Å². The van der Waals surface area contributed by atoms with Crippen LogP contribution in [0.15, 0.2) is 54.1 Å². The number of benzene rings is 2. The van der Waals surface area contributed by atoms with Gasteiger partial charge in [-0.05, 0) is 68.1 Å². The zero-order valence-electron chi connectivity index (χ0n) is 17.6. The highest BCUT2D eigenvalue weighted by atomic mass is 16.5. The summed E-state index contributed by atoms with van der Waals surface area (Å²) in [6, 6.07) is 16.4. The van der Waals surface area contributed by atoms with E-state index in [1.54, 1.807) is 7.11 Å². The molecule has 1 N–H and O–H groups in total. The maximum Gasteiger partial charge on any atom is 0.250 e. The number of methoxy groups -OCH3 is 1. The Kier molecular flexibility index (Phi) is 6.70. The fourth-order valence-electron chi connectivity index (χ4n) is 4.22. The lowest BCUT2D eigenvalue weighted by Crippen LogP contribution is -2.40. The van der Waals surface area contributed by atoms with Gasteiger partial charge in [-0.1, -0.05) is 30.3 Å². The topological polar surface area (TPSA) is 50.8 Å². The third kappa shape index (κ3) is 5.22. The van der Waals surface area contributed by atoms with Crippen molar-refractivity contribution in [3.05, 3.63) is 65.2 Å². The third-order valence-corrected chi connectivity index (χ3v) is 6.01. The minimum absolute atomic E-state index is 0.0533. The number of nitrogens with zero attached hydrogens (tertiary/aromatic N) is 1. The van der Waals surface area contributed by atoms with Gasteiger partial charge in [0.05, 0.1) is 12.7 Å². The van der Waals surface area contributed by atoms with Gasteiger partial charge in [0.25, 0.3) is 5.91 Å². The molecule has 2 aromatic rings. The second-order valence-corrected chi connectivity index (χ2v) is 8.09. The maximum atomic E-state index is 12.6. The summed E-state index contributed by atoms with van der Waals surface area (Å²) in [5, 5.41) is 3.05. The van der Waals surface area contributed by atoms with Crippen LogP contribution in [0.25, 0.3) is 6.08 Å². The van der Waals surface area contributed by atoms with E-state index >= 15 is 0 Å². The van der Waals surface area contributed by atoms with Crippen LogP contribution in [0.4, 0.5) is 0 Å². The van der Waals surface area contributed by atoms with E-state index in [0.717, 1.165) is 42.6 Å². The zero-order chi connectivity index (χ0) is 20.8. The normalized spacial score (nSPS) is 16.9. The average molecular weight is 407 g/mol. The predicted molar refractivity (Wildman–Crippen MR) is 119 cm³/mol. The van der Waals surface area contributed by atoms with Crippen molar-refractivity contribution in [3.63, 3.8) is 0 Å². The van der Waals surface area contributed by atoms with Crippen molar-refractivity contribution in [1.82, 2.24) is 10.2 Å². The maximum absolute atomic E-state index is 12.6. The van der Waals surface area contributed by atoms with Crippen LogP contribution < -0.4 is 14.8 Å². The molecule has 5 heteroatoms. The number of hydrogen-bond acceptors (Lipinski definition) is 4. The Labute approximate surface area is 178 Å². The minimum atomic E-state index is -0.0533. The first kappa shape index (κ1) is 20.5. The molecule has 2 aromatic carbocycles. The van der Waals surface area contributed by atoms with Crippen molar-refractivity contribution < 1.29 is 14.3 Å². The fourth-order valence-corrected chi connectivity index (χ4v) is 4.22. The first-order chi connectivity index (χ1) is 14.7. The monoisotopic (exact) mass is 406 g/mol. The lowest BCUT2D eigenvalue weighted by molar-refractivity contribution is -0.117. The molecule has 0 saturated carbocycles. The Morgan fingerprint density at radius 2 is 1.97 bits per heavy atom. The number of fused-ring (bicyclic) bond motifs is 1. The molecule has 2 aliphatic rings. The Bertz CT molecular complexity index is 887. The number of carbonyl (C=O) groups excluding carboxylic acids is 1. The van der Waals surface area contributed by atoms with E-state index < -0.39 is 0 Å². The summed E-state index contributed by atoms with van der Waals surface area (Å²) in [5.41, 5.74) is 2.97. The largest absolute Gasteiger partial charge is 0.497 e. The quantitative estimate of drug-likeness (QED) is 0.764. The van der Waals surface area contributed by atoms with Gasteiger partial charge in [0, 0.05) is 18.7 Å². The molecule has 2 heterocycles. The molecule has 1 saturated heterocycles. The highest BCUT2D eigenvalue weighted by Crippen LogP contribution is 2.30. The van der Waals surface area contributed by atoms with Crippen molar-refractivity contribution in [2.45, 2.75) is 19.3 Å². The number of nitrogens with one attached hydrogen (secondary N) is 1. The molecule has 0 radical (unpaired) electrons. The van der Waals surface area contributed by atoms with E-state index in [9.17, 15) is 4.79 Å². The first-order valence-corrected chi connectivity index (χ1v) is 10.8. The predicted octanol–water partition coefficient (Wildman–Crippen LogP) is 3.54. The van der Waals surface area contributed by atoms with Gasteiger partial charge in [-0.2, -0.15) is 0 Å². The second-order valence-electron chi connectivity index (χ2n) is 8.09. The van der Waals surface area contributed by atoms with Crippen molar-refractivity contribution in [2.24, 2.45) is 5.92 Å². The first-order valence-electron chi connectivity index (χ1n) is 10.8. The molecule has 0 spiro atoms. The molecule has 2 aliphatic heterocycles. The summed E-state index contributed by atoms with van der Waals surface area (Å²) in [7, 11) is 1.63. The molecule has 1 fully saturated rings. The molecule has 0 aliphatic carbocycles. The summed E-state index contributed by atoms with van der Waals surface area (Å²) < 4.78 is 11.0. The standard InChI is InChI=1S/C25H30N2O3/c1-29-23-7-8-24-21(17-23)16-22(18-30-24)25(28)26-11-14-27-12-9-20(10-13-27)15-19-5-3-2-4-6-19/h2-8,16-17,20H,9-15,18H2,1H3,(H,26,28). The van der Waals surface area contributed by atoms with E-state index in [4.69, 9.17) is 9.47 Å². The molecule has 158 valence electrons. The van der Waals surface area contributed by atoms with Gasteiger partial charge in [0.1, 0.15) is 18.1 Å². The molecule has 5 nitrogen and oxygen atoms in total. The lowest BCUT2D eigenvalue weighted by Gasteiger charge is -2.32. The number of hydrogen-bond donors (Lipinski definition) is 1. The molecule has 30 heavy (non-hydrogen) atoms. The number of carbonyl (C=O) groups is 1. The number of likely N-dealkylation sites (tertiary alicyclic amines) is 1. The van der Waals surface area contributed by atoms with Gasteiger partial charge >= 0.3 is 0 Å². The van der Waals surface area contributed by atoms with E-state index in [1.807, 2.05) is 24.3 Å². The number of rotatable bonds is 7. The van der Waals surface area contributed by atoms with Crippen LogP contribution in [0.5, 0.6) is 11.5 Å². The number of amides is 1. The van der Waals surface area contributed by atoms with Crippen LogP contribution in [0.1, 0.15) is 24.0 Å². The lowest BCUT2D eigenvalue weighted by atomic mass is 9.90. The smallest absolute Gasteiger partial charge is 0.250 e. The van der Waals surface area contributed by atoms with E-state index in [0.29, 0.717) is 18.7 Å². The molecule has 0 unspecified atom stereocenters. The number of piperidine rings is 1. The third-order valence-electron chi connectivity index (χ3n) is 6.01. The fraction of sp³-hybridized carbons (Fsp3) is 0.400. The SMILES string of the molecule is COc1ccc2c(c1)C=C(C(=O)NCCN1CCC(Cc3ccccc3)CC1)CO2. The molecule has 0 bridgehead atoms. The van der Waals surface area contributed by atoms with Crippen molar-refractivity contribution in [2.75, 3.05) is 39.9 Å². The summed E-state index contributed by atoms with van der Waals surface area (Å²) in [4.78, 5) is 15.0. The van der Waals surface area contributed by atoms with Crippen molar-refractivity contribution >= 4 is 12.0 Å². The molecular weight excluding hydrogens is 376 g/mol. The molecule has 0 aromatic heterocycles. The van der Waals surface area contributed by atoms with Gasteiger partial charge in [-0.3, -0.25) is 4.79 Å². The summed E-state index contributed by atoms with van der Waals surface area (Å²) >= 11 is 0. The molecule has 0 atom stereocenters. The highest BCUT2D eigenvalue weighted by molar-refractivity contribution is 5.99. The Balaban J connectivity index is 1.20. The minimum Gasteiger partial charge on any atom is -0.497 e. The van der Waals surface area contributed by atoms with Crippen LogP contribution in [-0.2, 0) is 11.2 Å². The summed E-state index contributed by atoms with van der Waals surface area (Å²) in [6.45, 7) is 4.06. The van der Waals surface area contributed by atoms with Crippen LogP contribution in [0.2, 0.25) is 0 Å². The second kappa shape index (κ2) is 9.81. The van der Waals surface area contributed by atoms with Crippen molar-refractivity contribution in [3.8, 4) is 11.5 Å². The molecule has 1 amide bonds. The van der Waals surface area contributed by atoms with Crippen LogP contribution in [-0.4, -0.2) is 50.7 Å². The summed E-state index contributed by atoms with van der Waals surface area (Å²) in [6.07, 6.45) is 5.51. The molecular formula is C25H30N2O3. The highest BCUT2D eigenvalue weighted by Gasteiger charge is 2.20. The van der Waals surface area contributed by atoms with E-state index in [-0.39, 0.29) is 5.91 Å². The van der Waals surface area contributed by atoms with Gasteiger partial charge in [-0.15, -0.1) is 0 Å². The Morgan fingerprint density at radius 3 is 2.73 bits per heavy atom. The number of ether oxygens (including phenoxy) is 2. The van der Waals surface area contributed by atoms with E-state index in [2.05, 4.69) is 40.5 Å². The van der Waals surface area contributed by atoms with Gasteiger partial charge in [0.2, 0.25) is 0 Å².